The van der Waals surface area contributed by atoms with Gasteiger partial charge in [0.25, 0.3) is 0 Å². The van der Waals surface area contributed by atoms with Crippen LogP contribution >= 0.6 is 0 Å². The van der Waals surface area contributed by atoms with Crippen LogP contribution in [-0.2, 0) is 5.41 Å². The van der Waals surface area contributed by atoms with Crippen LogP contribution in [0.3, 0.4) is 0 Å². The summed E-state index contributed by atoms with van der Waals surface area (Å²) in [7, 11) is 0. The van der Waals surface area contributed by atoms with E-state index in [1.54, 1.807) is 0 Å². The van der Waals surface area contributed by atoms with E-state index in [1.165, 1.54) is 83.2 Å². The Balaban J connectivity index is 1.09. The Morgan fingerprint density at radius 3 is 1.20 bits per heavy atom. The summed E-state index contributed by atoms with van der Waals surface area (Å²) in [6, 6.07) is 77.5. The van der Waals surface area contributed by atoms with Crippen LogP contribution in [0.1, 0.15) is 25.0 Å². The number of fused-ring (bicyclic) bond motifs is 2. The monoisotopic (exact) mass is 715 g/mol. The molecule has 0 saturated carbocycles. The molecule has 9 aromatic carbocycles. The summed E-state index contributed by atoms with van der Waals surface area (Å²) in [6.07, 6.45) is 0. The summed E-state index contributed by atoms with van der Waals surface area (Å²) >= 11 is 0. The maximum absolute atomic E-state index is 2.45. The zero-order chi connectivity index (χ0) is 37.6. The first kappa shape index (κ1) is 33.6. The van der Waals surface area contributed by atoms with Crippen molar-refractivity contribution < 1.29 is 0 Å². The summed E-state index contributed by atoms with van der Waals surface area (Å²) < 4.78 is 0. The number of hydrogen-bond donors (Lipinski definition) is 0. The second-order valence-corrected chi connectivity index (χ2v) is 15.3. The molecular weight excluding hydrogens is 675 g/mol. The maximum Gasteiger partial charge on any atom is 0.0546 e. The lowest BCUT2D eigenvalue weighted by atomic mass is 9.68. The minimum atomic E-state index is -0.123. The minimum Gasteiger partial charge on any atom is -0.310 e. The van der Waals surface area contributed by atoms with E-state index in [9.17, 15) is 0 Å². The lowest BCUT2D eigenvalue weighted by molar-refractivity contribution is 0.645. The molecule has 0 amide bonds. The molecule has 0 aromatic heterocycles. The third kappa shape index (κ3) is 5.81. The molecule has 1 aliphatic rings. The zero-order valence-corrected chi connectivity index (χ0v) is 31.7. The van der Waals surface area contributed by atoms with Crippen molar-refractivity contribution in [1.29, 1.82) is 0 Å². The van der Waals surface area contributed by atoms with E-state index in [-0.39, 0.29) is 5.41 Å². The fourth-order valence-corrected chi connectivity index (χ4v) is 8.74. The third-order valence-corrected chi connectivity index (χ3v) is 11.7. The summed E-state index contributed by atoms with van der Waals surface area (Å²) in [5.41, 5.74) is 18.3. The van der Waals surface area contributed by atoms with Gasteiger partial charge in [0.2, 0.25) is 0 Å². The first-order valence-corrected chi connectivity index (χ1v) is 19.5. The molecular formula is C55H41N. The first-order valence-electron chi connectivity index (χ1n) is 19.5. The number of rotatable bonds is 7. The van der Waals surface area contributed by atoms with Gasteiger partial charge in [0.15, 0.2) is 0 Å². The molecule has 0 heterocycles. The van der Waals surface area contributed by atoms with Crippen molar-refractivity contribution in [2.24, 2.45) is 0 Å². The van der Waals surface area contributed by atoms with Crippen molar-refractivity contribution in [1.82, 2.24) is 0 Å². The van der Waals surface area contributed by atoms with Crippen LogP contribution in [0.4, 0.5) is 17.1 Å². The molecule has 266 valence electrons. The van der Waals surface area contributed by atoms with Crippen LogP contribution in [0.15, 0.2) is 212 Å². The Morgan fingerprint density at radius 2 is 0.714 bits per heavy atom. The van der Waals surface area contributed by atoms with Crippen molar-refractivity contribution in [2.45, 2.75) is 19.3 Å². The van der Waals surface area contributed by atoms with E-state index in [0.717, 1.165) is 11.4 Å². The molecule has 10 rings (SSSR count). The van der Waals surface area contributed by atoms with Gasteiger partial charge in [-0.1, -0.05) is 196 Å². The molecule has 0 unspecified atom stereocenters. The van der Waals surface area contributed by atoms with Gasteiger partial charge in [0, 0.05) is 22.4 Å². The van der Waals surface area contributed by atoms with Gasteiger partial charge < -0.3 is 4.90 Å². The second kappa shape index (κ2) is 13.7. The number of anilines is 3. The summed E-state index contributed by atoms with van der Waals surface area (Å²) in [5, 5.41) is 2.61. The average Bonchev–Trinajstić information content (AvgIpc) is 3.27. The number of hydrogen-bond acceptors (Lipinski definition) is 1. The Hall–Kier alpha value is -6.96. The number of nitrogens with zero attached hydrogens (tertiary/aromatic N) is 1. The number of benzene rings is 9. The lowest BCUT2D eigenvalue weighted by Crippen LogP contribution is -2.24. The van der Waals surface area contributed by atoms with Crippen LogP contribution in [0, 0.1) is 0 Å². The van der Waals surface area contributed by atoms with Crippen molar-refractivity contribution in [3.63, 3.8) is 0 Å². The molecule has 9 aromatic rings. The largest absolute Gasteiger partial charge is 0.310 e. The Morgan fingerprint density at radius 1 is 0.321 bits per heavy atom. The molecule has 1 aliphatic carbocycles. The Labute approximate surface area is 329 Å². The maximum atomic E-state index is 2.45. The van der Waals surface area contributed by atoms with E-state index in [2.05, 4.69) is 231 Å². The highest BCUT2D eigenvalue weighted by Crippen LogP contribution is 2.53. The molecule has 56 heavy (non-hydrogen) atoms. The predicted molar refractivity (Wildman–Crippen MR) is 238 cm³/mol. The Kier molecular flexibility index (Phi) is 8.23. The molecule has 0 atom stereocenters. The fraction of sp³-hybridized carbons (Fsp3) is 0.0545. The van der Waals surface area contributed by atoms with Gasteiger partial charge in [-0.05, 0) is 102 Å². The van der Waals surface area contributed by atoms with E-state index in [4.69, 9.17) is 0 Å². The molecule has 0 N–H and O–H groups in total. The molecule has 0 aliphatic heterocycles. The summed E-state index contributed by atoms with van der Waals surface area (Å²) in [4.78, 5) is 2.45. The van der Waals surface area contributed by atoms with Crippen LogP contribution in [0.25, 0.3) is 66.4 Å². The van der Waals surface area contributed by atoms with Crippen molar-refractivity contribution in [3.05, 3.63) is 223 Å². The Bertz CT molecular complexity index is 2690. The van der Waals surface area contributed by atoms with Gasteiger partial charge in [-0.3, -0.25) is 0 Å². The van der Waals surface area contributed by atoms with Crippen LogP contribution in [0.5, 0.6) is 0 Å². The molecule has 1 heteroatoms. The molecule has 0 bridgehead atoms. The van der Waals surface area contributed by atoms with E-state index < -0.39 is 0 Å². The van der Waals surface area contributed by atoms with Crippen LogP contribution < -0.4 is 4.90 Å². The topological polar surface area (TPSA) is 3.24 Å². The van der Waals surface area contributed by atoms with E-state index >= 15 is 0 Å². The van der Waals surface area contributed by atoms with Crippen molar-refractivity contribution >= 4 is 27.8 Å². The quantitative estimate of drug-likeness (QED) is 0.159. The second-order valence-electron chi connectivity index (χ2n) is 15.3. The predicted octanol–water partition coefficient (Wildman–Crippen LogP) is 15.3. The first-order chi connectivity index (χ1) is 27.5. The van der Waals surface area contributed by atoms with Gasteiger partial charge in [0.05, 0.1) is 5.69 Å². The van der Waals surface area contributed by atoms with Gasteiger partial charge >= 0.3 is 0 Å². The SMILES string of the molecule is CC1(C)c2ccccc2-c2c(N(c3ccc(-c4ccc(-c5ccccc5)cc4)cc3)c3ccc(-c4ccc(-c5ccccc5)cc4)cc3)ccc3cccc1c23. The summed E-state index contributed by atoms with van der Waals surface area (Å²) in [6.45, 7) is 4.73. The third-order valence-electron chi connectivity index (χ3n) is 11.7. The smallest absolute Gasteiger partial charge is 0.0546 e. The average molecular weight is 716 g/mol. The van der Waals surface area contributed by atoms with Crippen molar-refractivity contribution in [2.75, 3.05) is 4.90 Å². The highest BCUT2D eigenvalue weighted by atomic mass is 15.1. The zero-order valence-electron chi connectivity index (χ0n) is 31.7. The van der Waals surface area contributed by atoms with Crippen LogP contribution in [0.2, 0.25) is 0 Å². The standard InChI is InChI=1S/C55H41N/c1-55(2)50-18-10-9-17-49(50)54-52(37-32-46-16-11-19-51(55)53(46)54)56(47-33-28-44(29-34-47)42-24-20-40(21-25-42)38-12-5-3-6-13-38)48-35-30-45(31-36-48)43-26-22-41(23-27-43)39-14-7-4-8-15-39/h3-37H,1-2H3. The molecule has 0 spiro atoms. The normalized spacial score (nSPS) is 12.6. The van der Waals surface area contributed by atoms with E-state index in [1.807, 2.05) is 0 Å². The highest BCUT2D eigenvalue weighted by Gasteiger charge is 2.35. The molecule has 0 radical (unpaired) electrons. The fourth-order valence-electron chi connectivity index (χ4n) is 8.74. The molecule has 0 saturated heterocycles. The van der Waals surface area contributed by atoms with Gasteiger partial charge in [-0.15, -0.1) is 0 Å². The van der Waals surface area contributed by atoms with Gasteiger partial charge in [-0.25, -0.2) is 0 Å². The van der Waals surface area contributed by atoms with Gasteiger partial charge in [0.1, 0.15) is 0 Å². The molecule has 0 fully saturated rings. The highest BCUT2D eigenvalue weighted by molar-refractivity contribution is 6.10. The van der Waals surface area contributed by atoms with Crippen LogP contribution in [-0.4, -0.2) is 0 Å². The lowest BCUT2D eigenvalue weighted by Gasteiger charge is -2.38. The molecule has 1 nitrogen and oxygen atoms in total. The summed E-state index contributed by atoms with van der Waals surface area (Å²) in [5.74, 6) is 0. The van der Waals surface area contributed by atoms with Gasteiger partial charge in [-0.2, -0.15) is 0 Å². The van der Waals surface area contributed by atoms with Crippen molar-refractivity contribution in [3.8, 4) is 55.6 Å². The minimum absolute atomic E-state index is 0.123. The van der Waals surface area contributed by atoms with E-state index in [0.29, 0.717) is 0 Å².